The molecule has 0 saturated carbocycles. The number of rotatable bonds is 3. The van der Waals surface area contributed by atoms with Crippen LogP contribution in [0.3, 0.4) is 0 Å². The van der Waals surface area contributed by atoms with Crippen molar-refractivity contribution in [3.05, 3.63) is 54.6 Å². The SMILES string of the molecule is NC1(C(=O)Nc2ccccc2-c2ccccc2)CCOC1. The molecule has 4 heteroatoms. The third kappa shape index (κ3) is 2.82. The predicted molar refractivity (Wildman–Crippen MR) is 82.9 cm³/mol. The van der Waals surface area contributed by atoms with Crippen LogP contribution in [0.15, 0.2) is 54.6 Å². The number of hydrogen-bond acceptors (Lipinski definition) is 3. The van der Waals surface area contributed by atoms with Crippen molar-refractivity contribution >= 4 is 11.6 Å². The van der Waals surface area contributed by atoms with Crippen LogP contribution in [0.2, 0.25) is 0 Å². The van der Waals surface area contributed by atoms with Gasteiger partial charge in [0.2, 0.25) is 5.91 Å². The third-order valence-electron chi connectivity index (χ3n) is 3.76. The fourth-order valence-corrected chi connectivity index (χ4v) is 2.47. The molecular weight excluding hydrogens is 264 g/mol. The molecule has 3 N–H and O–H groups in total. The van der Waals surface area contributed by atoms with Crippen molar-refractivity contribution in [1.29, 1.82) is 0 Å². The maximum absolute atomic E-state index is 12.4. The second-order valence-electron chi connectivity index (χ2n) is 5.32. The van der Waals surface area contributed by atoms with Gasteiger partial charge in [0, 0.05) is 17.9 Å². The van der Waals surface area contributed by atoms with Gasteiger partial charge in [0.05, 0.1) is 6.61 Å². The number of carbonyl (C=O) groups is 1. The molecule has 2 aromatic rings. The molecule has 1 unspecified atom stereocenters. The molecule has 1 fully saturated rings. The summed E-state index contributed by atoms with van der Waals surface area (Å²) in [5, 5.41) is 2.95. The van der Waals surface area contributed by atoms with Crippen molar-refractivity contribution < 1.29 is 9.53 Å². The average Bonchev–Trinajstić information content (AvgIpc) is 2.97. The van der Waals surface area contributed by atoms with E-state index in [9.17, 15) is 4.79 Å². The van der Waals surface area contributed by atoms with E-state index < -0.39 is 5.54 Å². The molecule has 0 bridgehead atoms. The Labute approximate surface area is 123 Å². The van der Waals surface area contributed by atoms with Crippen LogP contribution >= 0.6 is 0 Å². The minimum atomic E-state index is -0.927. The average molecular weight is 282 g/mol. The van der Waals surface area contributed by atoms with Crippen molar-refractivity contribution in [2.45, 2.75) is 12.0 Å². The van der Waals surface area contributed by atoms with E-state index in [2.05, 4.69) is 5.32 Å². The first kappa shape index (κ1) is 13.8. The van der Waals surface area contributed by atoms with Crippen LogP contribution in [0.25, 0.3) is 11.1 Å². The highest BCUT2D eigenvalue weighted by Gasteiger charge is 2.38. The second kappa shape index (κ2) is 5.68. The normalized spacial score (nSPS) is 21.2. The zero-order chi connectivity index (χ0) is 14.7. The highest BCUT2D eigenvalue weighted by atomic mass is 16.5. The lowest BCUT2D eigenvalue weighted by Crippen LogP contribution is -2.51. The number of amides is 1. The number of hydrogen-bond donors (Lipinski definition) is 2. The number of para-hydroxylation sites is 1. The molecule has 1 aliphatic heterocycles. The molecule has 1 aliphatic rings. The van der Waals surface area contributed by atoms with Gasteiger partial charge in [0.25, 0.3) is 0 Å². The minimum absolute atomic E-state index is 0.191. The quantitative estimate of drug-likeness (QED) is 0.908. The van der Waals surface area contributed by atoms with Crippen LogP contribution in [0.1, 0.15) is 6.42 Å². The topological polar surface area (TPSA) is 64.4 Å². The van der Waals surface area contributed by atoms with Gasteiger partial charge in [-0.3, -0.25) is 4.79 Å². The molecule has 0 aliphatic carbocycles. The van der Waals surface area contributed by atoms with Crippen molar-refractivity contribution in [3.63, 3.8) is 0 Å². The Kier molecular flexibility index (Phi) is 3.73. The van der Waals surface area contributed by atoms with E-state index >= 15 is 0 Å². The molecule has 0 aromatic heterocycles. The molecule has 1 atom stereocenters. The summed E-state index contributed by atoms with van der Waals surface area (Å²) in [6.07, 6.45) is 0.548. The fraction of sp³-hybridized carbons (Fsp3) is 0.235. The monoisotopic (exact) mass is 282 g/mol. The zero-order valence-corrected chi connectivity index (χ0v) is 11.7. The van der Waals surface area contributed by atoms with E-state index in [0.29, 0.717) is 13.0 Å². The summed E-state index contributed by atoms with van der Waals surface area (Å²) in [7, 11) is 0. The van der Waals surface area contributed by atoms with E-state index in [-0.39, 0.29) is 12.5 Å². The van der Waals surface area contributed by atoms with Crippen LogP contribution < -0.4 is 11.1 Å². The van der Waals surface area contributed by atoms with E-state index in [4.69, 9.17) is 10.5 Å². The van der Waals surface area contributed by atoms with E-state index in [1.807, 2.05) is 54.6 Å². The summed E-state index contributed by atoms with van der Waals surface area (Å²) in [6, 6.07) is 17.7. The smallest absolute Gasteiger partial charge is 0.246 e. The highest BCUT2D eigenvalue weighted by molar-refractivity contribution is 6.01. The van der Waals surface area contributed by atoms with Crippen molar-refractivity contribution in [2.75, 3.05) is 18.5 Å². The van der Waals surface area contributed by atoms with Gasteiger partial charge < -0.3 is 15.8 Å². The Bertz CT molecular complexity index is 634. The fourth-order valence-electron chi connectivity index (χ4n) is 2.47. The highest BCUT2D eigenvalue weighted by Crippen LogP contribution is 2.28. The maximum atomic E-state index is 12.4. The van der Waals surface area contributed by atoms with Gasteiger partial charge >= 0.3 is 0 Å². The van der Waals surface area contributed by atoms with Crippen LogP contribution in [0.5, 0.6) is 0 Å². The lowest BCUT2D eigenvalue weighted by atomic mass is 9.98. The van der Waals surface area contributed by atoms with Gasteiger partial charge in [-0.15, -0.1) is 0 Å². The molecule has 1 heterocycles. The minimum Gasteiger partial charge on any atom is -0.379 e. The third-order valence-corrected chi connectivity index (χ3v) is 3.76. The van der Waals surface area contributed by atoms with Crippen LogP contribution in [0, 0.1) is 0 Å². The summed E-state index contributed by atoms with van der Waals surface area (Å²) >= 11 is 0. The van der Waals surface area contributed by atoms with Gasteiger partial charge in [-0.05, 0) is 18.1 Å². The first-order valence-electron chi connectivity index (χ1n) is 7.02. The molecule has 0 spiro atoms. The summed E-state index contributed by atoms with van der Waals surface area (Å²) in [5.74, 6) is -0.191. The molecule has 1 amide bonds. The van der Waals surface area contributed by atoms with E-state index in [1.165, 1.54) is 0 Å². The number of benzene rings is 2. The van der Waals surface area contributed by atoms with Gasteiger partial charge in [-0.25, -0.2) is 0 Å². The summed E-state index contributed by atoms with van der Waals surface area (Å²) in [6.45, 7) is 0.802. The lowest BCUT2D eigenvalue weighted by molar-refractivity contribution is -0.121. The van der Waals surface area contributed by atoms with Gasteiger partial charge in [0.15, 0.2) is 0 Å². The summed E-state index contributed by atoms with van der Waals surface area (Å²) < 4.78 is 5.25. The standard InChI is InChI=1S/C17H18N2O2/c18-17(10-11-21-12-17)16(20)19-15-9-5-4-8-14(15)13-6-2-1-3-7-13/h1-9H,10-12,18H2,(H,19,20). The Hall–Kier alpha value is -2.17. The van der Waals surface area contributed by atoms with Gasteiger partial charge in [-0.2, -0.15) is 0 Å². The molecule has 3 rings (SSSR count). The Balaban J connectivity index is 1.88. The number of nitrogens with one attached hydrogen (secondary N) is 1. The van der Waals surface area contributed by atoms with Crippen molar-refractivity contribution in [3.8, 4) is 11.1 Å². The molecule has 4 nitrogen and oxygen atoms in total. The first-order chi connectivity index (χ1) is 10.2. The Morgan fingerprint density at radius 2 is 1.81 bits per heavy atom. The van der Waals surface area contributed by atoms with E-state index in [1.54, 1.807) is 0 Å². The molecular formula is C17H18N2O2. The number of ether oxygens (including phenoxy) is 1. The van der Waals surface area contributed by atoms with E-state index in [0.717, 1.165) is 16.8 Å². The lowest BCUT2D eigenvalue weighted by Gasteiger charge is -2.21. The summed E-state index contributed by atoms with van der Waals surface area (Å²) in [4.78, 5) is 12.4. The molecule has 108 valence electrons. The van der Waals surface area contributed by atoms with Gasteiger partial charge in [0.1, 0.15) is 5.54 Å². The molecule has 0 radical (unpaired) electrons. The molecule has 21 heavy (non-hydrogen) atoms. The Morgan fingerprint density at radius 3 is 2.52 bits per heavy atom. The maximum Gasteiger partial charge on any atom is 0.246 e. The van der Waals surface area contributed by atoms with Crippen molar-refractivity contribution in [1.82, 2.24) is 0 Å². The second-order valence-corrected chi connectivity index (χ2v) is 5.32. The largest absolute Gasteiger partial charge is 0.379 e. The summed E-state index contributed by atoms with van der Waals surface area (Å²) in [5.41, 5.74) is 7.98. The molecule has 1 saturated heterocycles. The van der Waals surface area contributed by atoms with Crippen LogP contribution in [-0.4, -0.2) is 24.7 Å². The number of anilines is 1. The zero-order valence-electron chi connectivity index (χ0n) is 11.7. The van der Waals surface area contributed by atoms with Crippen molar-refractivity contribution in [2.24, 2.45) is 5.73 Å². The Morgan fingerprint density at radius 1 is 1.10 bits per heavy atom. The first-order valence-corrected chi connectivity index (χ1v) is 7.02. The number of carbonyl (C=O) groups excluding carboxylic acids is 1. The van der Waals surface area contributed by atoms with Gasteiger partial charge in [-0.1, -0.05) is 48.5 Å². The van der Waals surface area contributed by atoms with Crippen LogP contribution in [-0.2, 0) is 9.53 Å². The molecule has 2 aromatic carbocycles. The predicted octanol–water partition coefficient (Wildman–Crippen LogP) is 2.41. The number of nitrogens with two attached hydrogens (primary N) is 1. The van der Waals surface area contributed by atoms with Crippen LogP contribution in [0.4, 0.5) is 5.69 Å².